The van der Waals surface area contributed by atoms with E-state index < -0.39 is 12.0 Å². The number of ether oxygens (including phenoxy) is 1. The molecule has 0 aliphatic rings. The third-order valence-electron chi connectivity index (χ3n) is 1.69. The van der Waals surface area contributed by atoms with E-state index in [1.165, 1.54) is 0 Å². The zero-order valence-electron chi connectivity index (χ0n) is 6.74. The largest absolute Gasteiger partial charge is 0.394 e. The fourth-order valence-corrected chi connectivity index (χ4v) is 0.612. The fourth-order valence-electron chi connectivity index (χ4n) is 0.612. The highest BCUT2D eigenvalue weighted by Gasteiger charge is 2.20. The van der Waals surface area contributed by atoms with Crippen molar-refractivity contribution in [3.8, 4) is 0 Å². The highest BCUT2D eigenvalue weighted by Crippen LogP contribution is 2.05. The lowest BCUT2D eigenvalue weighted by atomic mass is 10.0. The Morgan fingerprint density at radius 3 is 2.64 bits per heavy atom. The highest BCUT2D eigenvalue weighted by molar-refractivity contribution is 5.81. The second-order valence-electron chi connectivity index (χ2n) is 2.44. The van der Waals surface area contributed by atoms with Gasteiger partial charge in [-0.25, -0.2) is 4.79 Å². The minimum Gasteiger partial charge on any atom is -0.394 e. The predicted molar refractivity (Wildman–Crippen MR) is 39.6 cm³/mol. The van der Waals surface area contributed by atoms with Gasteiger partial charge in [-0.3, -0.25) is 4.79 Å². The van der Waals surface area contributed by atoms with Crippen molar-refractivity contribution in [3.05, 3.63) is 0 Å². The topological polar surface area (TPSA) is 69.4 Å². The molecule has 2 atom stereocenters. The molecule has 0 heterocycles. The molecule has 4 heteroatoms. The Labute approximate surface area is 65.7 Å². The molecule has 0 aromatic rings. The van der Waals surface area contributed by atoms with Gasteiger partial charge in [-0.1, -0.05) is 20.3 Å². The van der Waals surface area contributed by atoms with Crippen LogP contribution in [0.2, 0.25) is 0 Å². The lowest BCUT2D eigenvalue weighted by Gasteiger charge is -2.13. The first-order chi connectivity index (χ1) is 5.13. The van der Waals surface area contributed by atoms with Gasteiger partial charge in [0, 0.05) is 0 Å². The average Bonchev–Trinajstić information content (AvgIpc) is 2.02. The van der Waals surface area contributed by atoms with Crippen LogP contribution < -0.4 is 5.73 Å². The predicted octanol–water partition coefficient (Wildman–Crippen LogP) is 0.0594. The molecule has 0 rings (SSSR count). The molecule has 4 nitrogen and oxygen atoms in total. The smallest absolute Gasteiger partial charge is 0.330 e. The number of esters is 1. The van der Waals surface area contributed by atoms with E-state index in [0.29, 0.717) is 0 Å². The van der Waals surface area contributed by atoms with Gasteiger partial charge in [-0.15, -0.1) is 0 Å². The van der Waals surface area contributed by atoms with Crippen molar-refractivity contribution in [3.63, 3.8) is 0 Å². The fraction of sp³-hybridized carbons (Fsp3) is 0.714. The zero-order chi connectivity index (χ0) is 8.85. The second kappa shape index (κ2) is 4.85. The first-order valence-corrected chi connectivity index (χ1v) is 3.53. The van der Waals surface area contributed by atoms with E-state index in [4.69, 9.17) is 5.73 Å². The molecule has 0 saturated carbocycles. The van der Waals surface area contributed by atoms with Crippen LogP contribution in [0.5, 0.6) is 0 Å². The van der Waals surface area contributed by atoms with Crippen molar-refractivity contribution < 1.29 is 14.3 Å². The summed E-state index contributed by atoms with van der Waals surface area (Å²) >= 11 is 0. The Hall–Kier alpha value is -0.900. The number of nitrogens with two attached hydrogens (primary N) is 1. The monoisotopic (exact) mass is 159 g/mol. The van der Waals surface area contributed by atoms with Gasteiger partial charge in [0.15, 0.2) is 0 Å². The lowest BCUT2D eigenvalue weighted by molar-refractivity contribution is -0.153. The van der Waals surface area contributed by atoms with Gasteiger partial charge in [-0.2, -0.15) is 0 Å². The van der Waals surface area contributed by atoms with Crippen LogP contribution in [0, 0.1) is 5.92 Å². The zero-order valence-corrected chi connectivity index (χ0v) is 6.74. The summed E-state index contributed by atoms with van der Waals surface area (Å²) in [4.78, 5) is 20.5. The van der Waals surface area contributed by atoms with Crippen LogP contribution in [0.15, 0.2) is 0 Å². The van der Waals surface area contributed by atoms with Gasteiger partial charge in [0.2, 0.25) is 0 Å². The van der Waals surface area contributed by atoms with Crippen LogP contribution in [-0.2, 0) is 14.3 Å². The summed E-state index contributed by atoms with van der Waals surface area (Å²) in [5, 5.41) is 0. The minimum absolute atomic E-state index is 0.0439. The van der Waals surface area contributed by atoms with Crippen molar-refractivity contribution >= 4 is 12.4 Å². The maximum Gasteiger partial charge on any atom is 0.330 e. The molecule has 2 N–H and O–H groups in total. The molecule has 11 heavy (non-hydrogen) atoms. The van der Waals surface area contributed by atoms with E-state index >= 15 is 0 Å². The van der Waals surface area contributed by atoms with E-state index in [-0.39, 0.29) is 12.4 Å². The Morgan fingerprint density at radius 2 is 2.27 bits per heavy atom. The third-order valence-corrected chi connectivity index (χ3v) is 1.69. The standard InChI is InChI=1S/C7H13NO3/c1-3-5(2)6(8)7(10)11-4-9/h4-6H,3,8H2,1-2H3. The Bertz CT molecular complexity index is 147. The highest BCUT2D eigenvalue weighted by atomic mass is 16.6. The molecular formula is C7H13NO3. The van der Waals surface area contributed by atoms with Crippen molar-refractivity contribution in [2.75, 3.05) is 0 Å². The van der Waals surface area contributed by atoms with Crippen LogP contribution in [0.4, 0.5) is 0 Å². The summed E-state index contributed by atoms with van der Waals surface area (Å²) < 4.78 is 4.08. The van der Waals surface area contributed by atoms with Crippen LogP contribution in [-0.4, -0.2) is 18.5 Å². The SMILES string of the molecule is CCC(C)C(N)C(=O)OC=O. The van der Waals surface area contributed by atoms with Crippen LogP contribution in [0.3, 0.4) is 0 Å². The van der Waals surface area contributed by atoms with Crippen LogP contribution >= 0.6 is 0 Å². The average molecular weight is 159 g/mol. The molecule has 0 saturated heterocycles. The molecule has 0 spiro atoms. The van der Waals surface area contributed by atoms with Gasteiger partial charge in [0.25, 0.3) is 0 Å². The molecule has 0 radical (unpaired) electrons. The van der Waals surface area contributed by atoms with E-state index in [1.54, 1.807) is 0 Å². The molecule has 0 bridgehead atoms. The van der Waals surface area contributed by atoms with Crippen molar-refractivity contribution in [1.82, 2.24) is 0 Å². The van der Waals surface area contributed by atoms with Crippen molar-refractivity contribution in [2.24, 2.45) is 11.7 Å². The molecule has 0 aromatic heterocycles. The Morgan fingerprint density at radius 1 is 1.73 bits per heavy atom. The lowest BCUT2D eigenvalue weighted by Crippen LogP contribution is -2.37. The minimum atomic E-state index is -0.690. The van der Waals surface area contributed by atoms with Crippen LogP contribution in [0.1, 0.15) is 20.3 Å². The quantitative estimate of drug-likeness (QED) is 0.358. The normalized spacial score (nSPS) is 15.2. The second-order valence-corrected chi connectivity index (χ2v) is 2.44. The van der Waals surface area contributed by atoms with Gasteiger partial charge < -0.3 is 10.5 Å². The third kappa shape index (κ3) is 3.13. The Kier molecular flexibility index (Phi) is 4.45. The maximum absolute atomic E-state index is 10.8. The maximum atomic E-state index is 10.8. The molecule has 0 fully saturated rings. The summed E-state index contributed by atoms with van der Waals surface area (Å²) in [6.45, 7) is 3.85. The van der Waals surface area contributed by atoms with E-state index in [1.807, 2.05) is 13.8 Å². The molecular weight excluding hydrogens is 146 g/mol. The van der Waals surface area contributed by atoms with Gasteiger partial charge in [-0.05, 0) is 5.92 Å². The first-order valence-electron chi connectivity index (χ1n) is 3.53. The molecule has 0 aliphatic heterocycles. The first kappa shape index (κ1) is 10.1. The van der Waals surface area contributed by atoms with Crippen molar-refractivity contribution in [2.45, 2.75) is 26.3 Å². The van der Waals surface area contributed by atoms with Gasteiger partial charge in [0.1, 0.15) is 6.04 Å². The van der Waals surface area contributed by atoms with E-state index in [0.717, 1.165) is 6.42 Å². The van der Waals surface area contributed by atoms with E-state index in [2.05, 4.69) is 4.74 Å². The molecule has 0 aromatic carbocycles. The molecule has 0 aliphatic carbocycles. The summed E-state index contributed by atoms with van der Waals surface area (Å²) in [6, 6.07) is -0.690. The number of hydrogen-bond donors (Lipinski definition) is 1. The molecule has 0 amide bonds. The van der Waals surface area contributed by atoms with Gasteiger partial charge >= 0.3 is 12.4 Å². The summed E-state index contributed by atoms with van der Waals surface area (Å²) in [5.41, 5.74) is 5.42. The van der Waals surface area contributed by atoms with Crippen molar-refractivity contribution in [1.29, 1.82) is 0 Å². The number of carbonyl (C=O) groups is 2. The number of carbonyl (C=O) groups excluding carboxylic acids is 2. The Balaban J connectivity index is 3.90. The van der Waals surface area contributed by atoms with Gasteiger partial charge in [0.05, 0.1) is 0 Å². The summed E-state index contributed by atoms with van der Waals surface area (Å²) in [5.74, 6) is -0.614. The number of hydrogen-bond acceptors (Lipinski definition) is 4. The molecule has 64 valence electrons. The molecule has 2 unspecified atom stereocenters. The summed E-state index contributed by atoms with van der Waals surface area (Å²) in [6.07, 6.45) is 0.787. The summed E-state index contributed by atoms with van der Waals surface area (Å²) in [7, 11) is 0. The number of rotatable bonds is 4. The van der Waals surface area contributed by atoms with E-state index in [9.17, 15) is 9.59 Å². The van der Waals surface area contributed by atoms with Crippen LogP contribution in [0.25, 0.3) is 0 Å².